The number of carbonyl (C=O) groups excluding carboxylic acids is 2. The first-order valence-electron chi connectivity index (χ1n) is 9.96. The highest BCUT2D eigenvalue weighted by atomic mass is 35.5. The minimum absolute atomic E-state index is 0.196. The van der Waals surface area contributed by atoms with Crippen molar-refractivity contribution < 1.29 is 14.3 Å². The lowest BCUT2D eigenvalue weighted by atomic mass is 10.1. The highest BCUT2D eigenvalue weighted by Crippen LogP contribution is 2.27. The lowest BCUT2D eigenvalue weighted by molar-refractivity contribution is 0.0642. The summed E-state index contributed by atoms with van der Waals surface area (Å²) in [5, 5.41) is 3.52. The molecule has 7 heteroatoms. The lowest BCUT2D eigenvalue weighted by Gasteiger charge is -2.14. The van der Waals surface area contributed by atoms with Crippen molar-refractivity contribution in [1.29, 1.82) is 0 Å². The zero-order valence-electron chi connectivity index (χ0n) is 16.8. The van der Waals surface area contributed by atoms with E-state index >= 15 is 0 Å². The van der Waals surface area contributed by atoms with Crippen LogP contribution in [0.5, 0.6) is 5.75 Å². The van der Waals surface area contributed by atoms with Crippen molar-refractivity contribution in [3.8, 4) is 17.0 Å². The van der Waals surface area contributed by atoms with E-state index in [1.807, 2.05) is 53.9 Å². The molecule has 0 saturated heterocycles. The summed E-state index contributed by atoms with van der Waals surface area (Å²) in [6.45, 7) is 0.524. The number of fused-ring (bicyclic) bond motifs is 1. The van der Waals surface area contributed by atoms with Crippen LogP contribution >= 0.6 is 22.9 Å². The molecule has 0 N–H and O–H groups in total. The van der Waals surface area contributed by atoms with Gasteiger partial charge in [0.15, 0.2) is 0 Å². The normalized spacial score (nSPS) is 12.8. The minimum Gasteiger partial charge on any atom is -0.486 e. The van der Waals surface area contributed by atoms with Gasteiger partial charge in [-0.15, -0.1) is 11.3 Å². The van der Waals surface area contributed by atoms with Gasteiger partial charge >= 0.3 is 0 Å². The van der Waals surface area contributed by atoms with Gasteiger partial charge in [0, 0.05) is 16.0 Å². The molecule has 0 fully saturated rings. The van der Waals surface area contributed by atoms with Crippen LogP contribution in [0, 0.1) is 0 Å². The molecule has 2 heterocycles. The quantitative estimate of drug-likeness (QED) is 0.339. The van der Waals surface area contributed by atoms with E-state index in [4.69, 9.17) is 16.3 Å². The van der Waals surface area contributed by atoms with Crippen molar-refractivity contribution in [2.75, 3.05) is 0 Å². The zero-order chi connectivity index (χ0) is 22.1. The first kappa shape index (κ1) is 20.4. The molecule has 2 amide bonds. The first-order valence-corrected chi connectivity index (χ1v) is 11.2. The van der Waals surface area contributed by atoms with E-state index in [1.54, 1.807) is 24.3 Å². The standard InChI is InChI=1S/C25H17ClN2O3S/c26-18-10-8-17(9-11-18)22-15-32-23(27-22)14-31-19-5-3-4-16(12-19)13-28-24(29)20-6-1-2-7-21(20)25(28)30/h1-12,15H,13-14H2. The molecule has 5 rings (SSSR count). The van der Waals surface area contributed by atoms with Crippen LogP contribution in [0.1, 0.15) is 31.3 Å². The summed E-state index contributed by atoms with van der Waals surface area (Å²) in [4.78, 5) is 31.1. The maximum Gasteiger partial charge on any atom is 0.261 e. The van der Waals surface area contributed by atoms with Gasteiger partial charge in [0.25, 0.3) is 11.8 Å². The highest BCUT2D eigenvalue weighted by Gasteiger charge is 2.34. The molecule has 32 heavy (non-hydrogen) atoms. The van der Waals surface area contributed by atoms with Gasteiger partial charge < -0.3 is 4.74 Å². The Morgan fingerprint density at radius 1 is 0.906 bits per heavy atom. The summed E-state index contributed by atoms with van der Waals surface area (Å²) < 4.78 is 5.92. The molecule has 0 bridgehead atoms. The highest BCUT2D eigenvalue weighted by molar-refractivity contribution is 7.09. The maximum atomic E-state index is 12.6. The molecule has 1 aromatic heterocycles. The Hall–Kier alpha value is -3.48. The first-order chi connectivity index (χ1) is 15.6. The molecular weight excluding hydrogens is 444 g/mol. The third-order valence-corrected chi connectivity index (χ3v) is 6.25. The second-order valence-corrected chi connectivity index (χ2v) is 8.69. The fraction of sp³-hybridized carbons (Fsp3) is 0.0800. The number of amides is 2. The Kier molecular flexibility index (Phi) is 5.47. The van der Waals surface area contributed by atoms with E-state index in [-0.39, 0.29) is 18.4 Å². The lowest BCUT2D eigenvalue weighted by Crippen LogP contribution is -2.29. The van der Waals surface area contributed by atoms with E-state index in [0.717, 1.165) is 21.8 Å². The van der Waals surface area contributed by atoms with Crippen LogP contribution in [0.25, 0.3) is 11.3 Å². The van der Waals surface area contributed by atoms with Crippen molar-refractivity contribution in [3.63, 3.8) is 0 Å². The molecule has 0 atom stereocenters. The van der Waals surface area contributed by atoms with Crippen LogP contribution in [0.15, 0.2) is 78.2 Å². The molecule has 158 valence electrons. The number of hydrogen-bond donors (Lipinski definition) is 0. The third-order valence-electron chi connectivity index (χ3n) is 5.17. The van der Waals surface area contributed by atoms with E-state index in [2.05, 4.69) is 4.98 Å². The van der Waals surface area contributed by atoms with Crippen molar-refractivity contribution in [3.05, 3.63) is 105 Å². The molecule has 0 saturated carbocycles. The topological polar surface area (TPSA) is 59.5 Å². The molecule has 0 aliphatic carbocycles. The number of hydrogen-bond acceptors (Lipinski definition) is 5. The number of halogens is 1. The number of benzene rings is 3. The average molecular weight is 461 g/mol. The van der Waals surface area contributed by atoms with Gasteiger partial charge in [0.05, 0.1) is 23.4 Å². The molecule has 3 aromatic carbocycles. The van der Waals surface area contributed by atoms with Gasteiger partial charge in [0.2, 0.25) is 0 Å². The number of carbonyl (C=O) groups is 2. The van der Waals surface area contributed by atoms with Crippen LogP contribution in [-0.4, -0.2) is 21.7 Å². The molecular formula is C25H17ClN2O3S. The van der Waals surface area contributed by atoms with Gasteiger partial charge in [-0.1, -0.05) is 48.0 Å². The summed E-state index contributed by atoms with van der Waals surface area (Å²) in [6, 6.07) is 21.9. The van der Waals surface area contributed by atoms with Gasteiger partial charge in [-0.05, 0) is 42.0 Å². The van der Waals surface area contributed by atoms with Gasteiger partial charge in [-0.25, -0.2) is 4.98 Å². The molecule has 0 unspecified atom stereocenters. The monoisotopic (exact) mass is 460 g/mol. The second kappa shape index (κ2) is 8.57. The minimum atomic E-state index is -0.269. The van der Waals surface area contributed by atoms with Crippen molar-refractivity contribution in [1.82, 2.24) is 9.88 Å². The molecule has 5 nitrogen and oxygen atoms in total. The number of ether oxygens (including phenoxy) is 1. The van der Waals surface area contributed by atoms with E-state index in [0.29, 0.717) is 28.5 Å². The smallest absolute Gasteiger partial charge is 0.261 e. The fourth-order valence-corrected chi connectivity index (χ4v) is 4.41. The Balaban J connectivity index is 1.25. The van der Waals surface area contributed by atoms with Crippen LogP contribution < -0.4 is 4.74 Å². The summed E-state index contributed by atoms with van der Waals surface area (Å²) in [7, 11) is 0. The van der Waals surface area contributed by atoms with Crippen molar-refractivity contribution in [2.45, 2.75) is 13.2 Å². The average Bonchev–Trinajstić information content (AvgIpc) is 3.38. The number of rotatable bonds is 6. The van der Waals surface area contributed by atoms with Crippen molar-refractivity contribution in [2.24, 2.45) is 0 Å². The van der Waals surface area contributed by atoms with Gasteiger partial charge in [-0.2, -0.15) is 0 Å². The predicted octanol–water partition coefficient (Wildman–Crippen LogP) is 5.84. The molecule has 0 radical (unpaired) electrons. The zero-order valence-corrected chi connectivity index (χ0v) is 18.4. The largest absolute Gasteiger partial charge is 0.486 e. The Labute approximate surface area is 193 Å². The van der Waals surface area contributed by atoms with Crippen molar-refractivity contribution >= 4 is 34.8 Å². The predicted molar refractivity (Wildman–Crippen MR) is 124 cm³/mol. The Bertz CT molecular complexity index is 1280. The molecule has 0 spiro atoms. The third kappa shape index (κ3) is 4.02. The van der Waals surface area contributed by atoms with Crippen LogP contribution in [-0.2, 0) is 13.2 Å². The SMILES string of the molecule is O=C1c2ccccc2C(=O)N1Cc1cccc(OCc2nc(-c3ccc(Cl)cc3)cs2)c1. The van der Waals surface area contributed by atoms with Crippen LogP contribution in [0.2, 0.25) is 5.02 Å². The second-order valence-electron chi connectivity index (χ2n) is 7.31. The van der Waals surface area contributed by atoms with Gasteiger partial charge in [-0.3, -0.25) is 14.5 Å². The van der Waals surface area contributed by atoms with Gasteiger partial charge in [0.1, 0.15) is 17.4 Å². The summed E-state index contributed by atoms with van der Waals surface area (Å²) >= 11 is 7.47. The number of imide groups is 1. The molecule has 1 aliphatic heterocycles. The summed E-state index contributed by atoms with van der Waals surface area (Å²) in [5.74, 6) is 0.117. The van der Waals surface area contributed by atoms with E-state index < -0.39 is 0 Å². The molecule has 1 aliphatic rings. The Morgan fingerprint density at radius 3 is 2.34 bits per heavy atom. The van der Waals surface area contributed by atoms with Crippen LogP contribution in [0.4, 0.5) is 0 Å². The van der Waals surface area contributed by atoms with E-state index in [9.17, 15) is 9.59 Å². The number of nitrogens with zero attached hydrogens (tertiary/aromatic N) is 2. The van der Waals surface area contributed by atoms with Crippen LogP contribution in [0.3, 0.4) is 0 Å². The fourth-order valence-electron chi connectivity index (χ4n) is 3.57. The molecule has 4 aromatic rings. The Morgan fingerprint density at radius 2 is 1.62 bits per heavy atom. The summed E-state index contributed by atoms with van der Waals surface area (Å²) in [5.41, 5.74) is 3.60. The number of thiazole rings is 1. The number of aromatic nitrogens is 1. The summed E-state index contributed by atoms with van der Waals surface area (Å²) in [6.07, 6.45) is 0. The van der Waals surface area contributed by atoms with E-state index in [1.165, 1.54) is 16.2 Å². The maximum absolute atomic E-state index is 12.6.